The molecule has 0 bridgehead atoms. The maximum absolute atomic E-state index is 13.1. The predicted molar refractivity (Wildman–Crippen MR) is 105 cm³/mol. The minimum absolute atomic E-state index is 0.0231. The van der Waals surface area contributed by atoms with Crippen LogP contribution in [0.3, 0.4) is 0 Å². The van der Waals surface area contributed by atoms with Crippen LogP contribution in [-0.2, 0) is 11.3 Å². The minimum atomic E-state index is -4.20. The van der Waals surface area contributed by atoms with Crippen molar-refractivity contribution in [3.63, 3.8) is 0 Å². The summed E-state index contributed by atoms with van der Waals surface area (Å²) in [5.41, 5.74) is 1.33. The lowest BCUT2D eigenvalue weighted by atomic mass is 9.77. The molecule has 1 aliphatic rings. The summed E-state index contributed by atoms with van der Waals surface area (Å²) in [6.45, 7) is 0.0918. The number of halogens is 3. The van der Waals surface area contributed by atoms with Crippen LogP contribution in [0.1, 0.15) is 43.0 Å². The van der Waals surface area contributed by atoms with Gasteiger partial charge in [0.1, 0.15) is 6.61 Å². The Labute approximate surface area is 176 Å². The van der Waals surface area contributed by atoms with E-state index in [2.05, 4.69) is 20.4 Å². The van der Waals surface area contributed by atoms with Crippen molar-refractivity contribution < 1.29 is 22.7 Å². The van der Waals surface area contributed by atoms with Crippen LogP contribution >= 0.6 is 0 Å². The number of amides is 1. The molecule has 1 amide bonds. The number of alkyl halides is 3. The summed E-state index contributed by atoms with van der Waals surface area (Å²) in [5, 5.41) is 6.94. The molecule has 7 nitrogen and oxygen atoms in total. The number of nitrogens with one attached hydrogen (secondary N) is 1. The number of ether oxygens (including phenoxy) is 1. The average molecular weight is 433 g/mol. The normalized spacial score (nSPS) is 20.4. The fourth-order valence-electron chi connectivity index (χ4n) is 4.01. The summed E-state index contributed by atoms with van der Waals surface area (Å²) >= 11 is 0. The molecular weight excluding hydrogens is 411 g/mol. The Kier molecular flexibility index (Phi) is 6.06. The molecule has 0 aliphatic heterocycles. The lowest BCUT2D eigenvalue weighted by molar-refractivity contribution is -0.184. The lowest BCUT2D eigenvalue weighted by Crippen LogP contribution is -2.37. The Morgan fingerprint density at radius 1 is 1.16 bits per heavy atom. The van der Waals surface area contributed by atoms with Gasteiger partial charge in [-0.15, -0.1) is 0 Å². The van der Waals surface area contributed by atoms with Gasteiger partial charge >= 0.3 is 12.3 Å². The van der Waals surface area contributed by atoms with E-state index in [9.17, 15) is 18.0 Å². The zero-order chi connectivity index (χ0) is 21.8. The number of hydrogen-bond donors (Lipinski definition) is 1. The van der Waals surface area contributed by atoms with Crippen LogP contribution in [0.2, 0.25) is 0 Å². The van der Waals surface area contributed by atoms with Gasteiger partial charge in [-0.05, 0) is 37.2 Å². The first-order valence-electron chi connectivity index (χ1n) is 10.1. The first-order chi connectivity index (χ1) is 14.9. The molecule has 1 saturated carbocycles. The fraction of sp³-hybridized carbons (Fsp3) is 0.429. The van der Waals surface area contributed by atoms with Gasteiger partial charge in [0.15, 0.2) is 0 Å². The van der Waals surface area contributed by atoms with Crippen molar-refractivity contribution in [3.05, 3.63) is 60.2 Å². The van der Waals surface area contributed by atoms with Crippen LogP contribution in [0.25, 0.3) is 5.78 Å². The summed E-state index contributed by atoms with van der Waals surface area (Å²) in [7, 11) is 0. The SMILES string of the molecule is O=C(N[C@H](c1cn2nccnc2n1)C1CCC(C(F)(F)F)CC1)OCc1ccccc1. The molecule has 1 aliphatic carbocycles. The van der Waals surface area contributed by atoms with Gasteiger partial charge in [-0.25, -0.2) is 19.3 Å². The summed E-state index contributed by atoms with van der Waals surface area (Å²) in [6, 6.07) is 8.62. The molecule has 2 aromatic heterocycles. The molecule has 4 rings (SSSR count). The Morgan fingerprint density at radius 2 is 1.90 bits per heavy atom. The Hall–Kier alpha value is -3.17. The largest absolute Gasteiger partial charge is 0.445 e. The number of fused-ring (bicyclic) bond motifs is 1. The number of carbonyl (C=O) groups excluding carboxylic acids is 1. The van der Waals surface area contributed by atoms with E-state index in [1.807, 2.05) is 30.3 Å². The molecule has 1 aromatic carbocycles. The highest BCUT2D eigenvalue weighted by Gasteiger charge is 2.43. The highest BCUT2D eigenvalue weighted by molar-refractivity contribution is 5.68. The van der Waals surface area contributed by atoms with Crippen LogP contribution in [0.4, 0.5) is 18.0 Å². The lowest BCUT2D eigenvalue weighted by Gasteiger charge is -2.34. The van der Waals surface area contributed by atoms with E-state index in [0.717, 1.165) is 5.56 Å². The molecule has 31 heavy (non-hydrogen) atoms. The highest BCUT2D eigenvalue weighted by atomic mass is 19.4. The molecule has 10 heteroatoms. The minimum Gasteiger partial charge on any atom is -0.445 e. The van der Waals surface area contributed by atoms with Crippen LogP contribution in [0, 0.1) is 11.8 Å². The van der Waals surface area contributed by atoms with Crippen molar-refractivity contribution in [3.8, 4) is 0 Å². The Morgan fingerprint density at radius 3 is 2.58 bits per heavy atom. The molecule has 0 unspecified atom stereocenters. The van der Waals surface area contributed by atoms with Crippen molar-refractivity contribution in [2.75, 3.05) is 0 Å². The molecule has 0 saturated heterocycles. The van der Waals surface area contributed by atoms with Crippen molar-refractivity contribution in [2.24, 2.45) is 11.8 Å². The molecule has 2 heterocycles. The summed E-state index contributed by atoms with van der Waals surface area (Å²) in [6.07, 6.45) is 0.487. The third-order valence-electron chi connectivity index (χ3n) is 5.65. The van der Waals surface area contributed by atoms with Gasteiger partial charge in [-0.2, -0.15) is 18.3 Å². The topological polar surface area (TPSA) is 81.4 Å². The molecule has 1 atom stereocenters. The highest BCUT2D eigenvalue weighted by Crippen LogP contribution is 2.43. The van der Waals surface area contributed by atoms with Crippen molar-refractivity contribution in [1.29, 1.82) is 0 Å². The molecule has 1 fully saturated rings. The van der Waals surface area contributed by atoms with Crippen LogP contribution in [-0.4, -0.2) is 31.9 Å². The summed E-state index contributed by atoms with van der Waals surface area (Å²) in [4.78, 5) is 21.1. The number of benzene rings is 1. The second-order valence-corrected chi connectivity index (χ2v) is 7.69. The molecule has 3 aromatic rings. The third-order valence-corrected chi connectivity index (χ3v) is 5.65. The molecule has 1 N–H and O–H groups in total. The smallest absolute Gasteiger partial charge is 0.408 e. The number of aromatic nitrogens is 4. The predicted octanol–water partition coefficient (Wildman–Crippen LogP) is 4.46. The number of rotatable bonds is 5. The maximum atomic E-state index is 13.1. The molecule has 0 radical (unpaired) electrons. The number of hydrogen-bond acceptors (Lipinski definition) is 5. The second-order valence-electron chi connectivity index (χ2n) is 7.69. The van der Waals surface area contributed by atoms with E-state index < -0.39 is 24.2 Å². The maximum Gasteiger partial charge on any atom is 0.408 e. The van der Waals surface area contributed by atoms with Gasteiger partial charge in [0.05, 0.1) is 36.2 Å². The Bertz CT molecular complexity index is 984. The van der Waals surface area contributed by atoms with E-state index in [4.69, 9.17) is 4.74 Å². The summed E-state index contributed by atoms with van der Waals surface area (Å²) < 4.78 is 46.0. The van der Waals surface area contributed by atoms with Gasteiger partial charge in [-0.3, -0.25) is 0 Å². The summed E-state index contributed by atoms with van der Waals surface area (Å²) in [5.74, 6) is -1.16. The Balaban J connectivity index is 1.49. The van der Waals surface area contributed by atoms with E-state index in [1.54, 1.807) is 6.20 Å². The first-order valence-corrected chi connectivity index (χ1v) is 10.1. The monoisotopic (exact) mass is 433 g/mol. The quantitative estimate of drug-likeness (QED) is 0.643. The number of carbonyl (C=O) groups is 1. The van der Waals surface area contributed by atoms with Gasteiger partial charge in [-0.1, -0.05) is 30.3 Å². The third kappa shape index (κ3) is 5.12. The zero-order valence-corrected chi connectivity index (χ0v) is 16.6. The van der Waals surface area contributed by atoms with E-state index >= 15 is 0 Å². The second kappa shape index (κ2) is 8.91. The first kappa shape index (κ1) is 21.1. The van der Waals surface area contributed by atoms with Crippen molar-refractivity contribution >= 4 is 11.9 Å². The van der Waals surface area contributed by atoms with Crippen LogP contribution in [0.5, 0.6) is 0 Å². The van der Waals surface area contributed by atoms with E-state index in [0.29, 0.717) is 24.3 Å². The van der Waals surface area contributed by atoms with Gasteiger partial charge < -0.3 is 10.1 Å². The number of imidazole rings is 1. The van der Waals surface area contributed by atoms with Crippen LogP contribution < -0.4 is 5.32 Å². The standard InChI is InChI=1S/C21H22F3N5O2/c22-21(23,24)16-8-6-15(7-9-16)18(17-12-29-19(27-17)25-10-11-26-29)28-20(30)31-13-14-4-2-1-3-5-14/h1-5,10-12,15-16,18H,6-9,13H2,(H,28,30)/t15?,16?,18-/m0/s1. The van der Waals surface area contributed by atoms with Gasteiger partial charge in [0.25, 0.3) is 5.78 Å². The number of nitrogens with zero attached hydrogens (tertiary/aromatic N) is 4. The van der Waals surface area contributed by atoms with E-state index in [1.165, 1.54) is 16.9 Å². The molecular formula is C21H22F3N5O2. The molecule has 164 valence electrons. The molecule has 0 spiro atoms. The zero-order valence-electron chi connectivity index (χ0n) is 16.6. The average Bonchev–Trinajstić information content (AvgIpc) is 3.20. The van der Waals surface area contributed by atoms with Crippen LogP contribution in [0.15, 0.2) is 48.9 Å². The van der Waals surface area contributed by atoms with E-state index in [-0.39, 0.29) is 25.4 Å². The van der Waals surface area contributed by atoms with Crippen molar-refractivity contribution in [2.45, 2.75) is 44.5 Å². The fourth-order valence-corrected chi connectivity index (χ4v) is 4.01. The number of alkyl carbamates (subject to hydrolysis) is 1. The van der Waals surface area contributed by atoms with Gasteiger partial charge in [0.2, 0.25) is 0 Å². The van der Waals surface area contributed by atoms with Crippen molar-refractivity contribution in [1.82, 2.24) is 24.9 Å². The van der Waals surface area contributed by atoms with Gasteiger partial charge in [0, 0.05) is 0 Å².